The van der Waals surface area contributed by atoms with Crippen LogP contribution in [-0.4, -0.2) is 10.9 Å². The summed E-state index contributed by atoms with van der Waals surface area (Å²) in [7, 11) is 0. The van der Waals surface area contributed by atoms with Gasteiger partial charge in [-0.2, -0.15) is 0 Å². The quantitative estimate of drug-likeness (QED) is 0.754. The van der Waals surface area contributed by atoms with E-state index >= 15 is 0 Å². The number of benzene rings is 1. The highest BCUT2D eigenvalue weighted by atomic mass is 16.3. The summed E-state index contributed by atoms with van der Waals surface area (Å²) < 4.78 is 0. The second-order valence-electron chi connectivity index (χ2n) is 5.92. The van der Waals surface area contributed by atoms with E-state index in [1.54, 1.807) is 6.07 Å². The second kappa shape index (κ2) is 7.26. The molecule has 0 amide bonds. The molecule has 0 bridgehead atoms. The van der Waals surface area contributed by atoms with Gasteiger partial charge in [0.1, 0.15) is 5.75 Å². The van der Waals surface area contributed by atoms with E-state index in [1.165, 1.54) is 5.57 Å². The van der Waals surface area contributed by atoms with Crippen molar-refractivity contribution in [3.8, 4) is 5.75 Å². The van der Waals surface area contributed by atoms with Crippen LogP contribution < -0.4 is 0 Å². The number of hydrogen-bond donors (Lipinski definition) is 1. The normalized spacial score (nSPS) is 17.0. The molecule has 0 heterocycles. The van der Waals surface area contributed by atoms with Gasteiger partial charge >= 0.3 is 0 Å². The Morgan fingerprint density at radius 1 is 1.29 bits per heavy atom. The van der Waals surface area contributed by atoms with Crippen LogP contribution in [0.4, 0.5) is 0 Å². The number of aromatic hydroxyl groups is 1. The highest BCUT2D eigenvalue weighted by Crippen LogP contribution is 2.26. The summed E-state index contributed by atoms with van der Waals surface area (Å²) in [6, 6.07) is 7.44. The topological polar surface area (TPSA) is 37.3 Å². The van der Waals surface area contributed by atoms with Gasteiger partial charge in [-0.15, -0.1) is 0 Å². The third kappa shape index (κ3) is 4.32. The maximum Gasteiger partial charge on any atom is 0.159 e. The predicted molar refractivity (Wildman–Crippen MR) is 86.5 cm³/mol. The second-order valence-corrected chi connectivity index (χ2v) is 5.92. The Bertz CT molecular complexity index is 567. The van der Waals surface area contributed by atoms with Crippen LogP contribution in [0.3, 0.4) is 0 Å². The maximum absolute atomic E-state index is 11.7. The number of Topliss-reactive ketones (excluding diaryl/α,β-unsaturated/α-hetero) is 1. The van der Waals surface area contributed by atoms with E-state index in [4.69, 9.17) is 0 Å². The minimum absolute atomic E-state index is 0.325. The molecule has 2 nitrogen and oxygen atoms in total. The van der Waals surface area contributed by atoms with Crippen molar-refractivity contribution in [2.24, 2.45) is 0 Å². The average Bonchev–Trinajstić information content (AvgIpc) is 2.78. The Kier molecular flexibility index (Phi) is 5.38. The molecular formula is C19H24O2. The first-order valence-electron chi connectivity index (χ1n) is 7.73. The molecule has 0 saturated carbocycles. The molecule has 0 aromatic heterocycles. The van der Waals surface area contributed by atoms with Gasteiger partial charge in [0, 0.05) is 6.42 Å². The minimum atomic E-state index is 0.325. The summed E-state index contributed by atoms with van der Waals surface area (Å²) in [4.78, 5) is 11.7. The Balaban J connectivity index is 1.78. The molecule has 0 aliphatic heterocycles. The molecule has 1 aromatic carbocycles. The summed E-state index contributed by atoms with van der Waals surface area (Å²) in [6.07, 6.45) is 8.78. The number of hydrogen-bond acceptors (Lipinski definition) is 2. The third-order valence-electron chi connectivity index (χ3n) is 4.24. The number of carbonyl (C=O) groups is 1. The summed E-state index contributed by atoms with van der Waals surface area (Å²) >= 11 is 0. The first-order valence-corrected chi connectivity index (χ1v) is 7.73. The van der Waals surface area contributed by atoms with Crippen LogP contribution in [-0.2, 0) is 4.79 Å². The van der Waals surface area contributed by atoms with Crippen molar-refractivity contribution in [1.82, 2.24) is 0 Å². The fourth-order valence-electron chi connectivity index (χ4n) is 2.81. The lowest BCUT2D eigenvalue weighted by atomic mass is 9.97. The van der Waals surface area contributed by atoms with Gasteiger partial charge in [0.05, 0.1) is 0 Å². The molecule has 2 rings (SSSR count). The van der Waals surface area contributed by atoms with E-state index in [2.05, 4.69) is 26.0 Å². The lowest BCUT2D eigenvalue weighted by Gasteiger charge is -2.09. The fourth-order valence-corrected chi connectivity index (χ4v) is 2.81. The van der Waals surface area contributed by atoms with E-state index in [0.29, 0.717) is 23.9 Å². The van der Waals surface area contributed by atoms with Crippen molar-refractivity contribution in [1.29, 1.82) is 0 Å². The Morgan fingerprint density at radius 2 is 2.10 bits per heavy atom. The number of phenols is 1. The van der Waals surface area contributed by atoms with E-state index in [0.717, 1.165) is 36.8 Å². The molecule has 1 unspecified atom stereocenters. The van der Waals surface area contributed by atoms with Crippen molar-refractivity contribution in [3.63, 3.8) is 0 Å². The van der Waals surface area contributed by atoms with Crippen molar-refractivity contribution in [2.75, 3.05) is 0 Å². The molecule has 0 saturated heterocycles. The lowest BCUT2D eigenvalue weighted by molar-refractivity contribution is -0.115. The van der Waals surface area contributed by atoms with Gasteiger partial charge in [0.25, 0.3) is 0 Å². The zero-order valence-electron chi connectivity index (χ0n) is 12.9. The average molecular weight is 284 g/mol. The van der Waals surface area contributed by atoms with E-state index in [1.807, 2.05) is 18.2 Å². The van der Waals surface area contributed by atoms with Crippen molar-refractivity contribution < 1.29 is 9.90 Å². The van der Waals surface area contributed by atoms with Gasteiger partial charge < -0.3 is 5.11 Å². The SMILES string of the molecule is CC1=C(CC/C=C/CC(C)c2cccc(O)c2)C(=O)CC1. The number of carbonyl (C=O) groups excluding carboxylic acids is 1. The van der Waals surface area contributed by atoms with Gasteiger partial charge in [-0.25, -0.2) is 0 Å². The largest absolute Gasteiger partial charge is 0.508 e. The molecule has 1 aliphatic rings. The Morgan fingerprint density at radius 3 is 2.76 bits per heavy atom. The van der Waals surface area contributed by atoms with Gasteiger partial charge in [-0.05, 0) is 61.8 Å². The highest BCUT2D eigenvalue weighted by molar-refractivity contribution is 5.98. The van der Waals surface area contributed by atoms with Crippen molar-refractivity contribution in [2.45, 2.75) is 51.9 Å². The smallest absolute Gasteiger partial charge is 0.159 e. The van der Waals surface area contributed by atoms with Crippen LogP contribution in [0.1, 0.15) is 57.4 Å². The van der Waals surface area contributed by atoms with Crippen LogP contribution in [0.15, 0.2) is 47.6 Å². The molecule has 2 heteroatoms. The van der Waals surface area contributed by atoms with Crippen molar-refractivity contribution in [3.05, 3.63) is 53.1 Å². The van der Waals surface area contributed by atoms with E-state index in [9.17, 15) is 9.90 Å². The van der Waals surface area contributed by atoms with Crippen molar-refractivity contribution >= 4 is 5.78 Å². The van der Waals surface area contributed by atoms with Crippen LogP contribution in [0.25, 0.3) is 0 Å². The summed E-state index contributed by atoms with van der Waals surface area (Å²) in [5.41, 5.74) is 3.49. The van der Waals surface area contributed by atoms with Gasteiger partial charge in [0.2, 0.25) is 0 Å². The van der Waals surface area contributed by atoms with Gasteiger partial charge in [-0.3, -0.25) is 4.79 Å². The molecule has 1 aliphatic carbocycles. The number of phenolic OH excluding ortho intramolecular Hbond substituents is 1. The first-order chi connectivity index (χ1) is 10.1. The van der Waals surface area contributed by atoms with Crippen LogP contribution in [0, 0.1) is 0 Å². The van der Waals surface area contributed by atoms with Gasteiger partial charge in [-0.1, -0.05) is 36.8 Å². The summed E-state index contributed by atoms with van der Waals surface area (Å²) in [5.74, 6) is 1.06. The molecule has 112 valence electrons. The molecule has 1 aromatic rings. The monoisotopic (exact) mass is 284 g/mol. The number of ketones is 1. The maximum atomic E-state index is 11.7. The van der Waals surface area contributed by atoms with Crippen LogP contribution in [0.5, 0.6) is 5.75 Å². The minimum Gasteiger partial charge on any atom is -0.508 e. The Labute approximate surface area is 127 Å². The van der Waals surface area contributed by atoms with Crippen LogP contribution >= 0.6 is 0 Å². The first kappa shape index (κ1) is 15.6. The number of allylic oxidation sites excluding steroid dienone is 4. The molecule has 0 radical (unpaired) electrons. The molecular weight excluding hydrogens is 260 g/mol. The molecule has 1 atom stereocenters. The standard InChI is InChI=1S/C19H24O2/c1-14(16-8-6-9-17(20)13-16)7-4-3-5-10-18-15(2)11-12-19(18)21/h3-4,6,8-9,13-14,20H,5,7,10-12H2,1-2H3/b4-3+. The third-order valence-corrected chi connectivity index (χ3v) is 4.24. The van der Waals surface area contributed by atoms with Gasteiger partial charge in [0.15, 0.2) is 5.78 Å². The highest BCUT2D eigenvalue weighted by Gasteiger charge is 2.18. The molecule has 0 fully saturated rings. The number of rotatable bonds is 6. The molecule has 21 heavy (non-hydrogen) atoms. The van der Waals surface area contributed by atoms with E-state index < -0.39 is 0 Å². The zero-order valence-corrected chi connectivity index (χ0v) is 12.9. The zero-order chi connectivity index (χ0) is 15.2. The molecule has 1 N–H and O–H groups in total. The summed E-state index contributed by atoms with van der Waals surface area (Å²) in [5, 5.41) is 9.49. The lowest BCUT2D eigenvalue weighted by Crippen LogP contribution is -1.95. The fraction of sp³-hybridized carbons (Fsp3) is 0.421. The predicted octanol–water partition coefficient (Wildman–Crippen LogP) is 4.90. The Hall–Kier alpha value is -1.83. The van der Waals surface area contributed by atoms with E-state index in [-0.39, 0.29) is 0 Å². The summed E-state index contributed by atoms with van der Waals surface area (Å²) in [6.45, 7) is 4.24. The van der Waals surface area contributed by atoms with Crippen LogP contribution in [0.2, 0.25) is 0 Å². The molecule has 0 spiro atoms.